The Balaban J connectivity index is 2.44. The van der Waals surface area contributed by atoms with Crippen molar-refractivity contribution in [2.45, 2.75) is 13.8 Å². The Hall–Kier alpha value is -2.57. The summed E-state index contributed by atoms with van der Waals surface area (Å²) in [6.07, 6.45) is 1.34. The van der Waals surface area contributed by atoms with Gasteiger partial charge in [0.2, 0.25) is 5.88 Å². The Morgan fingerprint density at radius 1 is 1.47 bits per heavy atom. The van der Waals surface area contributed by atoms with Crippen LogP contribution < -0.4 is 10.5 Å². The molecule has 0 saturated carbocycles. The van der Waals surface area contributed by atoms with E-state index in [0.29, 0.717) is 11.4 Å². The average molecular weight is 262 g/mol. The van der Waals surface area contributed by atoms with Crippen molar-refractivity contribution in [3.8, 4) is 11.6 Å². The molecule has 0 aliphatic heterocycles. The van der Waals surface area contributed by atoms with Crippen molar-refractivity contribution in [2.75, 3.05) is 5.73 Å². The Bertz CT molecular complexity index is 649. The topological polar surface area (TPSA) is 103 Å². The largest absolute Gasteiger partial charge is 0.478 e. The second-order valence-electron chi connectivity index (χ2n) is 4.11. The Morgan fingerprint density at radius 3 is 2.68 bits per heavy atom. The standard InChI is InChI=1S/C12H14N4O3/c1-6-10(7(2)16(3)15-6)19-11-9(13)8(12(17)18)4-5-14-11/h4-5H,13H2,1-3H3,(H,17,18). The van der Waals surface area contributed by atoms with Crippen LogP contribution in [0, 0.1) is 13.8 Å². The summed E-state index contributed by atoms with van der Waals surface area (Å²) >= 11 is 0. The van der Waals surface area contributed by atoms with Gasteiger partial charge in [0.25, 0.3) is 0 Å². The average Bonchev–Trinajstić information content (AvgIpc) is 2.58. The van der Waals surface area contributed by atoms with E-state index in [1.807, 2.05) is 6.92 Å². The number of carboxylic acid groups (broad SMARTS) is 1. The summed E-state index contributed by atoms with van der Waals surface area (Å²) in [6.45, 7) is 3.63. The lowest BCUT2D eigenvalue weighted by Crippen LogP contribution is -2.05. The highest BCUT2D eigenvalue weighted by Crippen LogP contribution is 2.31. The maximum absolute atomic E-state index is 11.0. The third-order valence-electron chi connectivity index (χ3n) is 2.83. The number of hydrogen-bond acceptors (Lipinski definition) is 5. The predicted octanol–water partition coefficient (Wildman–Crippen LogP) is 1.50. The summed E-state index contributed by atoms with van der Waals surface area (Å²) in [5.41, 5.74) is 7.19. The monoisotopic (exact) mass is 262 g/mol. The first-order valence-electron chi connectivity index (χ1n) is 5.57. The van der Waals surface area contributed by atoms with Gasteiger partial charge in [0, 0.05) is 13.2 Å². The van der Waals surface area contributed by atoms with Crippen molar-refractivity contribution in [3.05, 3.63) is 29.2 Å². The van der Waals surface area contributed by atoms with E-state index >= 15 is 0 Å². The van der Waals surface area contributed by atoms with Gasteiger partial charge in [-0.25, -0.2) is 9.78 Å². The van der Waals surface area contributed by atoms with Gasteiger partial charge in [0.15, 0.2) is 5.75 Å². The summed E-state index contributed by atoms with van der Waals surface area (Å²) in [5.74, 6) is -0.521. The molecular formula is C12H14N4O3. The normalized spacial score (nSPS) is 10.5. The van der Waals surface area contributed by atoms with Crippen LogP contribution in [0.4, 0.5) is 5.69 Å². The van der Waals surface area contributed by atoms with Crippen LogP contribution in [-0.4, -0.2) is 25.8 Å². The maximum Gasteiger partial charge on any atom is 0.338 e. The fraction of sp³-hybridized carbons (Fsp3) is 0.250. The van der Waals surface area contributed by atoms with Crippen molar-refractivity contribution in [2.24, 2.45) is 7.05 Å². The predicted molar refractivity (Wildman–Crippen MR) is 68.4 cm³/mol. The zero-order chi connectivity index (χ0) is 14.2. The molecule has 0 aliphatic carbocycles. The van der Waals surface area contributed by atoms with E-state index in [4.69, 9.17) is 15.6 Å². The number of carbonyl (C=O) groups is 1. The van der Waals surface area contributed by atoms with Crippen LogP contribution in [0.3, 0.4) is 0 Å². The van der Waals surface area contributed by atoms with Crippen molar-refractivity contribution >= 4 is 11.7 Å². The minimum absolute atomic E-state index is 0.00217. The maximum atomic E-state index is 11.0. The number of anilines is 1. The van der Waals surface area contributed by atoms with Gasteiger partial charge in [-0.3, -0.25) is 4.68 Å². The Labute approximate surface area is 109 Å². The number of pyridine rings is 1. The van der Waals surface area contributed by atoms with Gasteiger partial charge >= 0.3 is 5.97 Å². The molecule has 7 nitrogen and oxygen atoms in total. The molecule has 2 aromatic rings. The highest BCUT2D eigenvalue weighted by atomic mass is 16.5. The van der Waals surface area contributed by atoms with Crippen LogP contribution in [0.15, 0.2) is 12.3 Å². The van der Waals surface area contributed by atoms with E-state index in [-0.39, 0.29) is 17.1 Å². The molecule has 0 saturated heterocycles. The lowest BCUT2D eigenvalue weighted by Gasteiger charge is -2.09. The lowest BCUT2D eigenvalue weighted by molar-refractivity contribution is 0.0697. The molecule has 7 heteroatoms. The number of nitrogen functional groups attached to an aromatic ring is 1. The van der Waals surface area contributed by atoms with E-state index in [9.17, 15) is 4.79 Å². The van der Waals surface area contributed by atoms with Gasteiger partial charge in [-0.15, -0.1) is 0 Å². The summed E-state index contributed by atoms with van der Waals surface area (Å²) in [4.78, 5) is 14.9. The fourth-order valence-electron chi connectivity index (χ4n) is 1.72. The van der Waals surface area contributed by atoms with Crippen molar-refractivity contribution in [3.63, 3.8) is 0 Å². The lowest BCUT2D eigenvalue weighted by atomic mass is 10.2. The molecule has 0 atom stereocenters. The number of aromatic carboxylic acids is 1. The highest BCUT2D eigenvalue weighted by molar-refractivity contribution is 5.94. The van der Waals surface area contributed by atoms with E-state index in [0.717, 1.165) is 5.69 Å². The molecule has 2 heterocycles. The highest BCUT2D eigenvalue weighted by Gasteiger charge is 2.17. The summed E-state index contributed by atoms with van der Waals surface area (Å²) in [6, 6.07) is 1.33. The molecule has 0 spiro atoms. The number of rotatable bonds is 3. The van der Waals surface area contributed by atoms with Crippen LogP contribution in [0.5, 0.6) is 11.6 Å². The molecule has 100 valence electrons. The number of hydrogen-bond donors (Lipinski definition) is 2. The van der Waals surface area contributed by atoms with Crippen molar-refractivity contribution in [1.82, 2.24) is 14.8 Å². The smallest absolute Gasteiger partial charge is 0.338 e. The SMILES string of the molecule is Cc1nn(C)c(C)c1Oc1nccc(C(=O)O)c1N. The number of nitrogens with two attached hydrogens (primary N) is 1. The molecule has 0 aromatic carbocycles. The molecule has 3 N–H and O–H groups in total. The first-order chi connectivity index (χ1) is 8.91. The van der Waals surface area contributed by atoms with Gasteiger partial charge in [0.05, 0.1) is 11.3 Å². The Kier molecular flexibility index (Phi) is 3.12. The van der Waals surface area contributed by atoms with Crippen molar-refractivity contribution < 1.29 is 14.6 Å². The van der Waals surface area contributed by atoms with Crippen molar-refractivity contribution in [1.29, 1.82) is 0 Å². The molecule has 0 radical (unpaired) electrons. The van der Waals surface area contributed by atoms with E-state index in [1.54, 1.807) is 18.7 Å². The summed E-state index contributed by atoms with van der Waals surface area (Å²) < 4.78 is 7.27. The van der Waals surface area contributed by atoms with E-state index in [1.165, 1.54) is 12.3 Å². The Morgan fingerprint density at radius 2 is 2.16 bits per heavy atom. The number of aromatic nitrogens is 3. The molecule has 0 aliphatic rings. The van der Waals surface area contributed by atoms with E-state index < -0.39 is 5.97 Å². The number of aryl methyl sites for hydroxylation is 2. The van der Waals surface area contributed by atoms with Gasteiger partial charge in [-0.1, -0.05) is 0 Å². The molecular weight excluding hydrogens is 248 g/mol. The molecule has 0 unspecified atom stereocenters. The third kappa shape index (κ3) is 2.22. The van der Waals surface area contributed by atoms with Gasteiger partial charge in [-0.2, -0.15) is 5.10 Å². The fourth-order valence-corrected chi connectivity index (χ4v) is 1.72. The second-order valence-corrected chi connectivity index (χ2v) is 4.11. The number of carboxylic acids is 1. The van der Waals surface area contributed by atoms with Crippen LogP contribution in [0.2, 0.25) is 0 Å². The van der Waals surface area contributed by atoms with E-state index in [2.05, 4.69) is 10.1 Å². The van der Waals surface area contributed by atoms with Crippen LogP contribution >= 0.6 is 0 Å². The minimum Gasteiger partial charge on any atom is -0.478 e. The van der Waals surface area contributed by atoms with Crippen LogP contribution in [-0.2, 0) is 7.05 Å². The van der Waals surface area contributed by atoms with Gasteiger partial charge < -0.3 is 15.6 Å². The zero-order valence-electron chi connectivity index (χ0n) is 10.8. The zero-order valence-corrected chi connectivity index (χ0v) is 10.8. The quantitative estimate of drug-likeness (QED) is 0.868. The second kappa shape index (κ2) is 4.60. The first-order valence-corrected chi connectivity index (χ1v) is 5.57. The molecule has 0 amide bonds. The molecule has 19 heavy (non-hydrogen) atoms. The van der Waals surface area contributed by atoms with Crippen LogP contribution in [0.25, 0.3) is 0 Å². The molecule has 0 bridgehead atoms. The molecule has 2 rings (SSSR count). The van der Waals surface area contributed by atoms with Crippen LogP contribution in [0.1, 0.15) is 21.7 Å². The molecule has 2 aromatic heterocycles. The number of nitrogens with zero attached hydrogens (tertiary/aromatic N) is 3. The minimum atomic E-state index is -1.12. The molecule has 0 fully saturated rings. The van der Waals surface area contributed by atoms with Gasteiger partial charge in [0.1, 0.15) is 11.4 Å². The first kappa shape index (κ1) is 12.9. The summed E-state index contributed by atoms with van der Waals surface area (Å²) in [7, 11) is 1.79. The van der Waals surface area contributed by atoms with Gasteiger partial charge in [-0.05, 0) is 19.9 Å². The number of ether oxygens (including phenoxy) is 1. The third-order valence-corrected chi connectivity index (χ3v) is 2.83. The summed E-state index contributed by atoms with van der Waals surface area (Å²) in [5, 5.41) is 13.2.